The largest absolute Gasteiger partial charge is 0.354 e. The van der Waals surface area contributed by atoms with Gasteiger partial charge in [0.2, 0.25) is 0 Å². The lowest BCUT2D eigenvalue weighted by Gasteiger charge is -2.23. The molecule has 0 unspecified atom stereocenters. The highest BCUT2D eigenvalue weighted by Crippen LogP contribution is 2.09. The van der Waals surface area contributed by atoms with Gasteiger partial charge in [-0.05, 0) is 32.3 Å². The molecule has 0 saturated heterocycles. The van der Waals surface area contributed by atoms with Crippen molar-refractivity contribution >= 4 is 12.0 Å². The number of methoxy groups -OCH3 is 1. The van der Waals surface area contributed by atoms with E-state index in [0.29, 0.717) is 6.61 Å². The molecule has 0 aliphatic carbocycles. The van der Waals surface area contributed by atoms with Gasteiger partial charge >= 0.3 is 0 Å². The second-order valence-electron chi connectivity index (χ2n) is 2.79. The average molecular weight is 194 g/mol. The summed E-state index contributed by atoms with van der Waals surface area (Å²) in [6, 6.07) is 0. The van der Waals surface area contributed by atoms with Crippen LogP contribution in [0.2, 0.25) is 0 Å². The van der Waals surface area contributed by atoms with Crippen LogP contribution in [0.25, 0.3) is 0 Å². The summed E-state index contributed by atoms with van der Waals surface area (Å²) >= 11 is 1.38. The van der Waals surface area contributed by atoms with Gasteiger partial charge in [0.1, 0.15) is 0 Å². The minimum Gasteiger partial charge on any atom is -0.354 e. The van der Waals surface area contributed by atoms with E-state index < -0.39 is 5.79 Å². The van der Waals surface area contributed by atoms with Crippen LogP contribution in [-0.2, 0) is 13.7 Å². The van der Waals surface area contributed by atoms with Crippen molar-refractivity contribution < 1.29 is 13.7 Å². The molecule has 3 nitrogen and oxygen atoms in total. The SMILES string of the molecule is COC(C)(C)OCCCOSC. The van der Waals surface area contributed by atoms with Crippen molar-refractivity contribution in [1.82, 2.24) is 0 Å². The van der Waals surface area contributed by atoms with E-state index in [1.54, 1.807) is 7.11 Å². The standard InChI is InChI=1S/C8H18O3S/c1-8(2,9-3)10-6-5-7-11-12-4/h5-7H2,1-4H3. The molecule has 0 saturated carbocycles. The van der Waals surface area contributed by atoms with Crippen molar-refractivity contribution in [3.8, 4) is 0 Å². The van der Waals surface area contributed by atoms with E-state index in [9.17, 15) is 0 Å². The van der Waals surface area contributed by atoms with Crippen LogP contribution in [0.4, 0.5) is 0 Å². The Hall–Kier alpha value is 0.230. The highest BCUT2D eigenvalue weighted by molar-refractivity contribution is 7.93. The molecule has 0 amide bonds. The highest BCUT2D eigenvalue weighted by Gasteiger charge is 2.15. The molecule has 0 radical (unpaired) electrons. The third-order valence-electron chi connectivity index (χ3n) is 1.43. The third kappa shape index (κ3) is 6.91. The lowest BCUT2D eigenvalue weighted by molar-refractivity contribution is -0.197. The summed E-state index contributed by atoms with van der Waals surface area (Å²) in [6.45, 7) is 5.17. The van der Waals surface area contributed by atoms with Crippen LogP contribution in [0.3, 0.4) is 0 Å². The smallest absolute Gasteiger partial charge is 0.162 e. The highest BCUT2D eigenvalue weighted by atomic mass is 32.2. The first-order valence-corrected chi connectivity index (χ1v) is 5.12. The van der Waals surface area contributed by atoms with E-state index in [0.717, 1.165) is 13.0 Å². The van der Waals surface area contributed by atoms with Crippen LogP contribution >= 0.6 is 12.0 Å². The van der Waals surface area contributed by atoms with Gasteiger partial charge in [-0.3, -0.25) is 0 Å². The topological polar surface area (TPSA) is 27.7 Å². The van der Waals surface area contributed by atoms with Gasteiger partial charge in [-0.2, -0.15) is 0 Å². The maximum Gasteiger partial charge on any atom is 0.162 e. The number of rotatable bonds is 7. The maximum absolute atomic E-state index is 5.41. The Balaban J connectivity index is 3.19. The summed E-state index contributed by atoms with van der Waals surface area (Å²) in [5.41, 5.74) is 0. The average Bonchev–Trinajstić information content (AvgIpc) is 2.04. The van der Waals surface area contributed by atoms with Crippen LogP contribution in [0.1, 0.15) is 20.3 Å². The lowest BCUT2D eigenvalue weighted by atomic mass is 10.4. The monoisotopic (exact) mass is 194 g/mol. The Morgan fingerprint density at radius 2 is 1.92 bits per heavy atom. The molecule has 4 heteroatoms. The van der Waals surface area contributed by atoms with Crippen LogP contribution in [0.5, 0.6) is 0 Å². The van der Waals surface area contributed by atoms with Crippen LogP contribution < -0.4 is 0 Å². The summed E-state index contributed by atoms with van der Waals surface area (Å²) in [4.78, 5) is 0. The van der Waals surface area contributed by atoms with Crippen molar-refractivity contribution in [3.05, 3.63) is 0 Å². The van der Waals surface area contributed by atoms with Crippen LogP contribution in [-0.4, -0.2) is 32.4 Å². The molecule has 0 aliphatic rings. The zero-order valence-electron chi connectivity index (χ0n) is 8.25. The minimum absolute atomic E-state index is 0.473. The van der Waals surface area contributed by atoms with Gasteiger partial charge in [0, 0.05) is 13.4 Å². The molecule has 0 spiro atoms. The predicted octanol–water partition coefficient (Wildman–Crippen LogP) is 2.07. The fourth-order valence-corrected chi connectivity index (χ4v) is 0.863. The molecule has 0 aliphatic heterocycles. The van der Waals surface area contributed by atoms with Gasteiger partial charge < -0.3 is 13.7 Å². The molecule has 0 bridgehead atoms. The molecule has 0 N–H and O–H groups in total. The Morgan fingerprint density at radius 1 is 1.25 bits per heavy atom. The molecule has 74 valence electrons. The van der Waals surface area contributed by atoms with E-state index in [2.05, 4.69) is 0 Å². The zero-order valence-corrected chi connectivity index (χ0v) is 9.07. The van der Waals surface area contributed by atoms with Gasteiger partial charge in [0.05, 0.1) is 13.2 Å². The molecule has 0 aromatic carbocycles. The van der Waals surface area contributed by atoms with E-state index in [1.165, 1.54) is 12.0 Å². The lowest BCUT2D eigenvalue weighted by Crippen LogP contribution is -2.27. The summed E-state index contributed by atoms with van der Waals surface area (Å²) in [6.07, 6.45) is 2.80. The third-order valence-corrected chi connectivity index (χ3v) is 1.83. The van der Waals surface area contributed by atoms with Crippen LogP contribution in [0.15, 0.2) is 0 Å². The summed E-state index contributed by atoms with van der Waals surface area (Å²) in [5, 5.41) is 0. The predicted molar refractivity (Wildman–Crippen MR) is 51.1 cm³/mol. The Labute approximate surface area is 79.0 Å². The van der Waals surface area contributed by atoms with E-state index in [-0.39, 0.29) is 0 Å². The quantitative estimate of drug-likeness (QED) is 0.352. The maximum atomic E-state index is 5.41. The van der Waals surface area contributed by atoms with Crippen molar-refractivity contribution in [2.75, 3.05) is 26.6 Å². The molecule has 12 heavy (non-hydrogen) atoms. The summed E-state index contributed by atoms with van der Waals surface area (Å²) in [7, 11) is 1.64. The first kappa shape index (κ1) is 12.2. The molecule has 0 aromatic rings. The second-order valence-corrected chi connectivity index (χ2v) is 3.36. The van der Waals surface area contributed by atoms with Crippen molar-refractivity contribution in [1.29, 1.82) is 0 Å². The van der Waals surface area contributed by atoms with Gasteiger partial charge in [0.25, 0.3) is 0 Å². The first-order chi connectivity index (χ1) is 5.62. The van der Waals surface area contributed by atoms with Gasteiger partial charge in [0.15, 0.2) is 5.79 Å². The second kappa shape index (κ2) is 6.71. The molecule has 0 heterocycles. The van der Waals surface area contributed by atoms with Gasteiger partial charge in [-0.25, -0.2) is 0 Å². The van der Waals surface area contributed by atoms with Crippen molar-refractivity contribution in [3.63, 3.8) is 0 Å². The van der Waals surface area contributed by atoms with E-state index >= 15 is 0 Å². The fourth-order valence-electron chi connectivity index (χ4n) is 0.578. The normalized spacial score (nSPS) is 12.0. The van der Waals surface area contributed by atoms with E-state index in [4.69, 9.17) is 13.7 Å². The molecular formula is C8H18O3S. The van der Waals surface area contributed by atoms with Gasteiger partial charge in [-0.15, -0.1) is 0 Å². The molecule has 0 rings (SSSR count). The molecule has 0 aromatic heterocycles. The molecule has 0 atom stereocenters. The zero-order chi connectivity index (χ0) is 9.45. The molecule has 0 fully saturated rings. The van der Waals surface area contributed by atoms with Crippen molar-refractivity contribution in [2.45, 2.75) is 26.1 Å². The fraction of sp³-hybridized carbons (Fsp3) is 1.00. The van der Waals surface area contributed by atoms with Gasteiger partial charge in [-0.1, -0.05) is 0 Å². The Bertz CT molecular complexity index is 106. The number of hydrogen-bond acceptors (Lipinski definition) is 4. The van der Waals surface area contributed by atoms with Crippen molar-refractivity contribution in [2.24, 2.45) is 0 Å². The number of ether oxygens (including phenoxy) is 2. The Morgan fingerprint density at radius 3 is 2.42 bits per heavy atom. The summed E-state index contributed by atoms with van der Waals surface area (Å²) < 4.78 is 15.6. The molecular weight excluding hydrogens is 176 g/mol. The van der Waals surface area contributed by atoms with Crippen LogP contribution in [0, 0.1) is 0 Å². The summed E-state index contributed by atoms with van der Waals surface area (Å²) in [5.74, 6) is -0.473. The van der Waals surface area contributed by atoms with E-state index in [1.807, 2.05) is 20.1 Å². The Kier molecular flexibility index (Phi) is 6.84. The first-order valence-electron chi connectivity index (χ1n) is 3.97. The minimum atomic E-state index is -0.473. The number of hydrogen-bond donors (Lipinski definition) is 0.